The average molecular weight is 231 g/mol. The highest BCUT2D eigenvalue weighted by atomic mass is 16.6. The van der Waals surface area contributed by atoms with E-state index in [4.69, 9.17) is 14.9 Å². The van der Waals surface area contributed by atoms with Crippen LogP contribution < -0.4 is 10.5 Å². The van der Waals surface area contributed by atoms with E-state index in [0.717, 1.165) is 11.1 Å². The van der Waals surface area contributed by atoms with Crippen LogP contribution >= 0.6 is 0 Å². The van der Waals surface area contributed by atoms with Crippen molar-refractivity contribution in [3.63, 3.8) is 0 Å². The first-order valence-electron chi connectivity index (χ1n) is 5.27. The summed E-state index contributed by atoms with van der Waals surface area (Å²) in [6.45, 7) is 1.76. The summed E-state index contributed by atoms with van der Waals surface area (Å²) in [7, 11) is 0. The second kappa shape index (κ2) is 4.84. The van der Waals surface area contributed by atoms with Crippen LogP contribution in [0.15, 0.2) is 40.8 Å². The first-order valence-corrected chi connectivity index (χ1v) is 5.27. The number of ether oxygens (including phenoxy) is 1. The van der Waals surface area contributed by atoms with Gasteiger partial charge in [-0.3, -0.25) is 4.79 Å². The highest BCUT2D eigenvalue weighted by Crippen LogP contribution is 2.28. The van der Waals surface area contributed by atoms with E-state index in [1.165, 1.54) is 6.92 Å². The lowest BCUT2D eigenvalue weighted by molar-refractivity contribution is -0.133. The minimum absolute atomic E-state index is 0.194. The van der Waals surface area contributed by atoms with Gasteiger partial charge in [0, 0.05) is 25.1 Å². The molecule has 2 rings (SSSR count). The maximum atomic E-state index is 10.8. The Morgan fingerprint density at radius 3 is 2.76 bits per heavy atom. The molecule has 0 spiro atoms. The summed E-state index contributed by atoms with van der Waals surface area (Å²) in [5, 5.41) is 0. The predicted octanol–water partition coefficient (Wildman–Crippen LogP) is 2.33. The SMILES string of the molecule is CC(=O)Oc1ccc(-c2ccccc2CN)o1. The number of hydrogen-bond donors (Lipinski definition) is 1. The van der Waals surface area contributed by atoms with E-state index in [1.807, 2.05) is 24.3 Å². The molecule has 4 nitrogen and oxygen atoms in total. The van der Waals surface area contributed by atoms with Crippen molar-refractivity contribution in [3.8, 4) is 17.3 Å². The van der Waals surface area contributed by atoms with Gasteiger partial charge in [0.15, 0.2) is 0 Å². The molecule has 0 amide bonds. The summed E-state index contributed by atoms with van der Waals surface area (Å²) in [5.74, 6) is 0.430. The Morgan fingerprint density at radius 1 is 1.29 bits per heavy atom. The van der Waals surface area contributed by atoms with E-state index in [9.17, 15) is 4.79 Å². The van der Waals surface area contributed by atoms with Crippen molar-refractivity contribution in [2.45, 2.75) is 13.5 Å². The smallest absolute Gasteiger partial charge is 0.310 e. The fourth-order valence-corrected chi connectivity index (χ4v) is 1.60. The zero-order chi connectivity index (χ0) is 12.3. The topological polar surface area (TPSA) is 65.5 Å². The Kier molecular flexibility index (Phi) is 3.25. The number of carbonyl (C=O) groups excluding carboxylic acids is 1. The van der Waals surface area contributed by atoms with Crippen molar-refractivity contribution >= 4 is 5.97 Å². The van der Waals surface area contributed by atoms with Gasteiger partial charge in [-0.15, -0.1) is 0 Å². The van der Waals surface area contributed by atoms with Gasteiger partial charge < -0.3 is 14.9 Å². The van der Waals surface area contributed by atoms with Crippen molar-refractivity contribution in [2.75, 3.05) is 0 Å². The number of nitrogens with two attached hydrogens (primary N) is 1. The first-order chi connectivity index (χ1) is 8.20. The van der Waals surface area contributed by atoms with E-state index < -0.39 is 5.97 Å². The summed E-state index contributed by atoms with van der Waals surface area (Å²) in [6.07, 6.45) is 0. The van der Waals surface area contributed by atoms with Gasteiger partial charge in [-0.25, -0.2) is 0 Å². The molecule has 1 aromatic heterocycles. The molecule has 0 aliphatic heterocycles. The summed E-state index contributed by atoms with van der Waals surface area (Å²) in [5.41, 5.74) is 7.54. The molecule has 2 aromatic rings. The van der Waals surface area contributed by atoms with E-state index >= 15 is 0 Å². The van der Waals surface area contributed by atoms with Crippen LogP contribution in [0.25, 0.3) is 11.3 Å². The molecule has 0 aliphatic carbocycles. The van der Waals surface area contributed by atoms with Crippen LogP contribution in [0, 0.1) is 0 Å². The molecule has 2 N–H and O–H groups in total. The molecule has 0 saturated heterocycles. The van der Waals surface area contributed by atoms with Crippen molar-refractivity contribution in [1.82, 2.24) is 0 Å². The molecule has 0 radical (unpaired) electrons. The van der Waals surface area contributed by atoms with Crippen molar-refractivity contribution in [1.29, 1.82) is 0 Å². The first kappa shape index (κ1) is 11.4. The Hall–Kier alpha value is -2.07. The van der Waals surface area contributed by atoms with Gasteiger partial charge in [-0.2, -0.15) is 0 Å². The lowest BCUT2D eigenvalue weighted by Crippen LogP contribution is -2.00. The minimum atomic E-state index is -0.405. The quantitative estimate of drug-likeness (QED) is 0.823. The fourth-order valence-electron chi connectivity index (χ4n) is 1.60. The lowest BCUT2D eigenvalue weighted by atomic mass is 10.1. The highest BCUT2D eigenvalue weighted by molar-refractivity contribution is 5.69. The lowest BCUT2D eigenvalue weighted by Gasteiger charge is -2.03. The third kappa shape index (κ3) is 2.54. The van der Waals surface area contributed by atoms with Crippen molar-refractivity contribution in [2.24, 2.45) is 5.73 Å². The fraction of sp³-hybridized carbons (Fsp3) is 0.154. The zero-order valence-electron chi connectivity index (χ0n) is 9.47. The summed E-state index contributed by atoms with van der Waals surface area (Å²) >= 11 is 0. The molecular weight excluding hydrogens is 218 g/mol. The Balaban J connectivity index is 2.33. The Morgan fingerprint density at radius 2 is 2.06 bits per heavy atom. The molecule has 0 fully saturated rings. The molecule has 0 bridgehead atoms. The zero-order valence-corrected chi connectivity index (χ0v) is 9.47. The number of esters is 1. The van der Waals surface area contributed by atoms with E-state index in [1.54, 1.807) is 12.1 Å². The molecule has 1 aromatic carbocycles. The maximum absolute atomic E-state index is 10.8. The van der Waals surface area contributed by atoms with Gasteiger partial charge in [0.25, 0.3) is 5.95 Å². The minimum Gasteiger partial charge on any atom is -0.425 e. The third-order valence-corrected chi connectivity index (χ3v) is 2.33. The van der Waals surface area contributed by atoms with Crippen LogP contribution in [0.5, 0.6) is 5.95 Å². The van der Waals surface area contributed by atoms with Crippen LogP contribution in [0.1, 0.15) is 12.5 Å². The van der Waals surface area contributed by atoms with Gasteiger partial charge in [0.05, 0.1) is 0 Å². The van der Waals surface area contributed by atoms with Gasteiger partial charge in [0.2, 0.25) is 0 Å². The number of hydrogen-bond acceptors (Lipinski definition) is 4. The Labute approximate surface area is 99.0 Å². The second-order valence-corrected chi connectivity index (χ2v) is 3.57. The Bertz CT molecular complexity index is 531. The van der Waals surface area contributed by atoms with Crippen LogP contribution in [0.2, 0.25) is 0 Å². The monoisotopic (exact) mass is 231 g/mol. The number of rotatable bonds is 3. The van der Waals surface area contributed by atoms with Crippen molar-refractivity contribution < 1.29 is 13.9 Å². The molecule has 0 unspecified atom stereocenters. The van der Waals surface area contributed by atoms with Crippen LogP contribution in [-0.2, 0) is 11.3 Å². The third-order valence-electron chi connectivity index (χ3n) is 2.33. The van der Waals surface area contributed by atoms with Crippen molar-refractivity contribution in [3.05, 3.63) is 42.0 Å². The molecular formula is C13H13NO3. The van der Waals surface area contributed by atoms with Gasteiger partial charge >= 0.3 is 5.97 Å². The van der Waals surface area contributed by atoms with E-state index in [2.05, 4.69) is 0 Å². The molecule has 88 valence electrons. The highest BCUT2D eigenvalue weighted by Gasteiger charge is 2.09. The summed E-state index contributed by atoms with van der Waals surface area (Å²) in [4.78, 5) is 10.8. The van der Waals surface area contributed by atoms with Gasteiger partial charge in [0.1, 0.15) is 5.76 Å². The predicted molar refractivity (Wildman–Crippen MR) is 63.3 cm³/mol. The standard InChI is InChI=1S/C13H13NO3/c1-9(15)16-13-7-6-12(17-13)11-5-3-2-4-10(11)8-14/h2-7H,8,14H2,1H3. The van der Waals surface area contributed by atoms with Crippen LogP contribution in [0.3, 0.4) is 0 Å². The molecule has 4 heteroatoms. The molecule has 17 heavy (non-hydrogen) atoms. The molecule has 0 aliphatic rings. The van der Waals surface area contributed by atoms with E-state index in [0.29, 0.717) is 12.3 Å². The van der Waals surface area contributed by atoms with Gasteiger partial charge in [-0.1, -0.05) is 24.3 Å². The van der Waals surface area contributed by atoms with Gasteiger partial charge in [-0.05, 0) is 11.6 Å². The molecule has 1 heterocycles. The molecule has 0 atom stereocenters. The molecule has 0 saturated carbocycles. The summed E-state index contributed by atoms with van der Waals surface area (Å²) in [6, 6.07) is 11.0. The normalized spacial score (nSPS) is 10.2. The van der Waals surface area contributed by atoms with Crippen LogP contribution in [0.4, 0.5) is 0 Å². The second-order valence-electron chi connectivity index (χ2n) is 3.57. The maximum Gasteiger partial charge on any atom is 0.310 e. The van der Waals surface area contributed by atoms with E-state index in [-0.39, 0.29) is 5.95 Å². The largest absolute Gasteiger partial charge is 0.425 e. The number of furan rings is 1. The average Bonchev–Trinajstić information content (AvgIpc) is 2.76. The number of benzene rings is 1. The number of carbonyl (C=O) groups is 1. The van der Waals surface area contributed by atoms with Crippen LogP contribution in [-0.4, -0.2) is 5.97 Å². The summed E-state index contributed by atoms with van der Waals surface area (Å²) < 4.78 is 10.3.